The van der Waals surface area contributed by atoms with E-state index in [0.29, 0.717) is 0 Å². The molecule has 0 spiro atoms. The van der Waals surface area contributed by atoms with Crippen molar-refractivity contribution >= 4 is 16.9 Å². The van der Waals surface area contributed by atoms with Crippen LogP contribution in [-0.2, 0) is 0 Å². The Morgan fingerprint density at radius 1 is 1.41 bits per heavy atom. The second-order valence-electron chi connectivity index (χ2n) is 3.23. The molecule has 0 bridgehead atoms. The standard InChI is InChI=1S/C10H6F3NO3/c1-5(15)9-14-6-3-2-4-7(8(6)16-9)17-10(11,12)13/h2-4H,1H3. The van der Waals surface area contributed by atoms with Gasteiger partial charge in [-0.2, -0.15) is 0 Å². The molecule has 0 saturated carbocycles. The van der Waals surface area contributed by atoms with Crippen molar-refractivity contribution < 1.29 is 27.1 Å². The molecule has 0 atom stereocenters. The first-order chi connectivity index (χ1) is 7.87. The summed E-state index contributed by atoms with van der Waals surface area (Å²) in [5.74, 6) is -1.24. The molecule has 4 nitrogen and oxygen atoms in total. The minimum absolute atomic E-state index is 0.136. The highest BCUT2D eigenvalue weighted by Crippen LogP contribution is 2.31. The largest absolute Gasteiger partial charge is 0.573 e. The zero-order valence-electron chi connectivity index (χ0n) is 8.54. The Balaban J connectivity index is 2.53. The lowest BCUT2D eigenvalue weighted by Gasteiger charge is -2.07. The average Bonchev–Trinajstić information content (AvgIpc) is 2.60. The number of nitrogens with zero attached hydrogens (tertiary/aromatic N) is 1. The molecule has 17 heavy (non-hydrogen) atoms. The van der Waals surface area contributed by atoms with Crippen molar-refractivity contribution in [2.45, 2.75) is 13.3 Å². The van der Waals surface area contributed by atoms with E-state index < -0.39 is 17.9 Å². The Morgan fingerprint density at radius 3 is 2.71 bits per heavy atom. The average molecular weight is 245 g/mol. The van der Waals surface area contributed by atoms with Gasteiger partial charge in [-0.15, -0.1) is 13.2 Å². The lowest BCUT2D eigenvalue weighted by molar-refractivity contribution is -0.274. The molecule has 0 fully saturated rings. The van der Waals surface area contributed by atoms with E-state index >= 15 is 0 Å². The predicted octanol–water partition coefficient (Wildman–Crippen LogP) is 2.93. The number of hydrogen-bond acceptors (Lipinski definition) is 4. The number of benzene rings is 1. The molecule has 2 rings (SSSR count). The lowest BCUT2D eigenvalue weighted by Crippen LogP contribution is -2.17. The van der Waals surface area contributed by atoms with Gasteiger partial charge in [0.1, 0.15) is 5.52 Å². The van der Waals surface area contributed by atoms with Gasteiger partial charge in [0.05, 0.1) is 0 Å². The van der Waals surface area contributed by atoms with E-state index in [1.807, 2.05) is 0 Å². The Morgan fingerprint density at radius 2 is 2.12 bits per heavy atom. The van der Waals surface area contributed by atoms with E-state index in [1.54, 1.807) is 0 Å². The van der Waals surface area contributed by atoms with Crippen molar-refractivity contribution in [3.05, 3.63) is 24.1 Å². The Kier molecular flexibility index (Phi) is 2.53. The van der Waals surface area contributed by atoms with Crippen LogP contribution in [0.25, 0.3) is 11.1 Å². The van der Waals surface area contributed by atoms with E-state index in [4.69, 9.17) is 4.42 Å². The third-order valence-electron chi connectivity index (χ3n) is 1.91. The van der Waals surface area contributed by atoms with Crippen molar-refractivity contribution in [3.8, 4) is 5.75 Å². The number of ether oxygens (including phenoxy) is 1. The van der Waals surface area contributed by atoms with Crippen LogP contribution < -0.4 is 4.74 Å². The first kappa shape index (κ1) is 11.4. The van der Waals surface area contributed by atoms with Gasteiger partial charge in [0, 0.05) is 6.92 Å². The fourth-order valence-corrected chi connectivity index (χ4v) is 1.28. The van der Waals surface area contributed by atoms with Crippen molar-refractivity contribution in [2.75, 3.05) is 0 Å². The summed E-state index contributed by atoms with van der Waals surface area (Å²) in [4.78, 5) is 14.7. The molecule has 1 aromatic carbocycles. The van der Waals surface area contributed by atoms with Crippen LogP contribution in [-0.4, -0.2) is 17.1 Å². The molecule has 7 heteroatoms. The number of halogens is 3. The predicted molar refractivity (Wildman–Crippen MR) is 50.7 cm³/mol. The van der Waals surface area contributed by atoms with E-state index in [0.717, 1.165) is 6.07 Å². The smallest absolute Gasteiger partial charge is 0.430 e. The van der Waals surface area contributed by atoms with Crippen LogP contribution in [0, 0.1) is 0 Å². The van der Waals surface area contributed by atoms with Gasteiger partial charge >= 0.3 is 6.36 Å². The molecule has 0 aliphatic carbocycles. The van der Waals surface area contributed by atoms with Crippen LogP contribution in [0.2, 0.25) is 0 Å². The number of hydrogen-bond donors (Lipinski definition) is 0. The summed E-state index contributed by atoms with van der Waals surface area (Å²) in [5, 5.41) is 0. The third kappa shape index (κ3) is 2.38. The number of Topliss-reactive ketones (excluding diaryl/α,β-unsaturated/α-hetero) is 1. The van der Waals surface area contributed by atoms with Crippen molar-refractivity contribution in [2.24, 2.45) is 0 Å². The Labute approximate surface area is 93.0 Å². The number of carbonyl (C=O) groups is 1. The van der Waals surface area contributed by atoms with Gasteiger partial charge in [0.2, 0.25) is 5.78 Å². The highest BCUT2D eigenvalue weighted by atomic mass is 19.4. The van der Waals surface area contributed by atoms with E-state index in [2.05, 4.69) is 9.72 Å². The quantitative estimate of drug-likeness (QED) is 0.763. The molecule has 1 aromatic heterocycles. The van der Waals surface area contributed by atoms with E-state index in [9.17, 15) is 18.0 Å². The van der Waals surface area contributed by atoms with E-state index in [-0.39, 0.29) is 17.0 Å². The van der Waals surface area contributed by atoms with Crippen LogP contribution in [0.15, 0.2) is 22.6 Å². The molecule has 0 aliphatic heterocycles. The Bertz CT molecular complexity index is 574. The molecule has 0 aliphatic rings. The number of aromatic nitrogens is 1. The summed E-state index contributed by atoms with van der Waals surface area (Å²) in [5.41, 5.74) is -0.0630. The first-order valence-electron chi connectivity index (χ1n) is 4.53. The van der Waals surface area contributed by atoms with Gasteiger partial charge in [-0.25, -0.2) is 4.98 Å². The summed E-state index contributed by atoms with van der Waals surface area (Å²) < 4.78 is 44.9. The van der Waals surface area contributed by atoms with Gasteiger partial charge in [-0.05, 0) is 12.1 Å². The minimum atomic E-state index is -4.82. The summed E-state index contributed by atoms with van der Waals surface area (Å²) in [6.45, 7) is 1.20. The van der Waals surface area contributed by atoms with Gasteiger partial charge in [0.25, 0.3) is 5.89 Å². The number of fused-ring (bicyclic) bond motifs is 1. The highest BCUT2D eigenvalue weighted by molar-refractivity contribution is 5.93. The molecular formula is C10H6F3NO3. The zero-order chi connectivity index (χ0) is 12.6. The van der Waals surface area contributed by atoms with Gasteiger partial charge in [0.15, 0.2) is 11.3 Å². The van der Waals surface area contributed by atoms with Crippen LogP contribution in [0.1, 0.15) is 17.6 Å². The van der Waals surface area contributed by atoms with Gasteiger partial charge < -0.3 is 9.15 Å². The minimum Gasteiger partial charge on any atom is -0.430 e. The molecule has 0 radical (unpaired) electrons. The normalized spacial score (nSPS) is 11.8. The number of oxazole rings is 1. The van der Waals surface area contributed by atoms with Crippen LogP contribution in [0.4, 0.5) is 13.2 Å². The van der Waals surface area contributed by atoms with Gasteiger partial charge in [-0.3, -0.25) is 4.79 Å². The SMILES string of the molecule is CC(=O)c1nc2cccc(OC(F)(F)F)c2o1. The summed E-state index contributed by atoms with van der Waals surface area (Å²) in [7, 11) is 0. The molecule has 2 aromatic rings. The number of ketones is 1. The summed E-state index contributed by atoms with van der Waals surface area (Å²) in [6.07, 6.45) is -4.82. The second-order valence-corrected chi connectivity index (χ2v) is 3.23. The molecular weight excluding hydrogens is 239 g/mol. The van der Waals surface area contributed by atoms with Crippen molar-refractivity contribution in [1.29, 1.82) is 0 Å². The van der Waals surface area contributed by atoms with Crippen molar-refractivity contribution in [1.82, 2.24) is 4.98 Å². The number of rotatable bonds is 2. The van der Waals surface area contributed by atoms with Gasteiger partial charge in [-0.1, -0.05) is 6.07 Å². The molecule has 0 N–H and O–H groups in total. The summed E-state index contributed by atoms with van der Waals surface area (Å²) >= 11 is 0. The topological polar surface area (TPSA) is 52.3 Å². The first-order valence-corrected chi connectivity index (χ1v) is 4.53. The number of carbonyl (C=O) groups excluding carboxylic acids is 1. The highest BCUT2D eigenvalue weighted by Gasteiger charge is 2.32. The number of alkyl halides is 3. The van der Waals surface area contributed by atoms with E-state index in [1.165, 1.54) is 19.1 Å². The third-order valence-corrected chi connectivity index (χ3v) is 1.91. The Hall–Kier alpha value is -2.05. The molecule has 0 unspecified atom stereocenters. The second kappa shape index (κ2) is 3.76. The molecule has 90 valence electrons. The maximum absolute atomic E-state index is 12.1. The lowest BCUT2D eigenvalue weighted by atomic mass is 10.3. The maximum Gasteiger partial charge on any atom is 0.573 e. The van der Waals surface area contributed by atoms with Crippen LogP contribution in [0.3, 0.4) is 0 Å². The maximum atomic E-state index is 12.1. The summed E-state index contributed by atoms with van der Waals surface area (Å²) in [6, 6.07) is 3.84. The number of para-hydroxylation sites is 1. The fourth-order valence-electron chi connectivity index (χ4n) is 1.28. The zero-order valence-corrected chi connectivity index (χ0v) is 8.54. The molecule has 0 amide bonds. The van der Waals surface area contributed by atoms with Crippen LogP contribution >= 0.6 is 0 Å². The van der Waals surface area contributed by atoms with Crippen LogP contribution in [0.5, 0.6) is 5.75 Å². The monoisotopic (exact) mass is 245 g/mol. The van der Waals surface area contributed by atoms with Crippen molar-refractivity contribution in [3.63, 3.8) is 0 Å². The molecule has 1 heterocycles. The fraction of sp³-hybridized carbons (Fsp3) is 0.200. The molecule has 0 saturated heterocycles.